The molecule has 1 heterocycles. The summed E-state index contributed by atoms with van der Waals surface area (Å²) in [5.74, 6) is 1.57. The van der Waals surface area contributed by atoms with Gasteiger partial charge in [-0.25, -0.2) is 0 Å². The lowest BCUT2D eigenvalue weighted by Crippen LogP contribution is -2.69. The monoisotopic (exact) mass is 423 g/mol. The second kappa shape index (κ2) is 7.66. The van der Waals surface area contributed by atoms with Gasteiger partial charge in [0, 0.05) is 44.2 Å². The van der Waals surface area contributed by atoms with Crippen LogP contribution in [0.2, 0.25) is 0 Å². The number of ether oxygens (including phenoxy) is 2. The van der Waals surface area contributed by atoms with E-state index in [4.69, 9.17) is 9.47 Å². The number of nitrogens with zero attached hydrogens (tertiary/aromatic N) is 1. The molecule has 4 unspecified atom stereocenters. The van der Waals surface area contributed by atoms with Crippen LogP contribution >= 0.6 is 24.0 Å². The molecule has 2 N–H and O–H groups in total. The number of hydrogen-bond donors (Lipinski definition) is 2. The first-order valence-corrected chi connectivity index (χ1v) is 8.31. The Morgan fingerprint density at radius 2 is 2.14 bits per heavy atom. The first-order chi connectivity index (χ1) is 10.2. The van der Waals surface area contributed by atoms with Gasteiger partial charge in [0.05, 0.1) is 12.7 Å². The number of nitrogens with one attached hydrogen (secondary N) is 2. The highest BCUT2D eigenvalue weighted by Gasteiger charge is 2.65. The number of halogens is 1. The van der Waals surface area contributed by atoms with Crippen molar-refractivity contribution in [2.45, 2.75) is 57.2 Å². The first-order valence-electron chi connectivity index (χ1n) is 8.31. The predicted molar refractivity (Wildman–Crippen MR) is 98.9 cm³/mol. The topological polar surface area (TPSA) is 54.9 Å². The van der Waals surface area contributed by atoms with E-state index in [-0.39, 0.29) is 30.0 Å². The number of methoxy groups -OCH3 is 1. The van der Waals surface area contributed by atoms with Crippen molar-refractivity contribution in [3.8, 4) is 0 Å². The minimum atomic E-state index is 0. The molecule has 22 heavy (non-hydrogen) atoms. The average molecular weight is 423 g/mol. The van der Waals surface area contributed by atoms with E-state index >= 15 is 0 Å². The normalized spacial score (nSPS) is 33.8. The molecule has 1 saturated heterocycles. The third-order valence-electron chi connectivity index (χ3n) is 5.60. The highest BCUT2D eigenvalue weighted by atomic mass is 127. The van der Waals surface area contributed by atoms with Crippen molar-refractivity contribution in [1.82, 2.24) is 10.6 Å². The summed E-state index contributed by atoms with van der Waals surface area (Å²) in [6, 6.07) is 0.782. The molecule has 0 amide bonds. The largest absolute Gasteiger partial charge is 0.383 e. The molecule has 3 aliphatic rings. The van der Waals surface area contributed by atoms with Gasteiger partial charge in [-0.3, -0.25) is 4.99 Å². The van der Waals surface area contributed by atoms with Gasteiger partial charge in [0.25, 0.3) is 0 Å². The van der Waals surface area contributed by atoms with Crippen molar-refractivity contribution in [2.75, 3.05) is 27.4 Å². The van der Waals surface area contributed by atoms with E-state index in [1.54, 1.807) is 7.11 Å². The molecule has 0 aromatic carbocycles. The number of aliphatic imine (C=N–C) groups is 1. The Hall–Kier alpha value is -0.0800. The molecule has 2 saturated carbocycles. The fourth-order valence-electron chi connectivity index (χ4n) is 4.75. The van der Waals surface area contributed by atoms with Gasteiger partial charge in [-0.05, 0) is 26.2 Å². The van der Waals surface area contributed by atoms with Gasteiger partial charge in [-0.2, -0.15) is 0 Å². The number of hydrogen-bond acceptors (Lipinski definition) is 3. The van der Waals surface area contributed by atoms with E-state index in [1.807, 2.05) is 7.05 Å². The molecule has 0 bridgehead atoms. The Bertz CT molecular complexity index is 399. The molecule has 5 nitrogen and oxygen atoms in total. The van der Waals surface area contributed by atoms with Crippen LogP contribution in [0.5, 0.6) is 0 Å². The van der Waals surface area contributed by atoms with Crippen LogP contribution < -0.4 is 10.6 Å². The lowest BCUT2D eigenvalue weighted by atomic mass is 9.54. The van der Waals surface area contributed by atoms with Crippen molar-refractivity contribution in [3.63, 3.8) is 0 Å². The van der Waals surface area contributed by atoms with Crippen molar-refractivity contribution in [3.05, 3.63) is 0 Å². The Balaban J connectivity index is 0.00000176. The molecule has 3 fully saturated rings. The molecule has 128 valence electrons. The van der Waals surface area contributed by atoms with Crippen LogP contribution in [0.3, 0.4) is 0 Å². The Kier molecular flexibility index (Phi) is 6.36. The van der Waals surface area contributed by atoms with E-state index in [9.17, 15) is 0 Å². The summed E-state index contributed by atoms with van der Waals surface area (Å²) in [4.78, 5) is 4.40. The number of guanidine groups is 1. The third kappa shape index (κ3) is 3.11. The second-order valence-electron chi connectivity index (χ2n) is 6.88. The van der Waals surface area contributed by atoms with Gasteiger partial charge >= 0.3 is 0 Å². The summed E-state index contributed by atoms with van der Waals surface area (Å²) in [6.45, 7) is 3.73. The third-order valence-corrected chi connectivity index (χ3v) is 5.60. The maximum absolute atomic E-state index is 6.03. The zero-order valence-corrected chi connectivity index (χ0v) is 16.3. The van der Waals surface area contributed by atoms with Crippen LogP contribution in [0.4, 0.5) is 0 Å². The van der Waals surface area contributed by atoms with Crippen LogP contribution in [0.15, 0.2) is 4.99 Å². The molecule has 0 radical (unpaired) electrons. The van der Waals surface area contributed by atoms with Crippen LogP contribution in [0.25, 0.3) is 0 Å². The summed E-state index contributed by atoms with van der Waals surface area (Å²) in [6.07, 6.45) is 6.97. The predicted octanol–water partition coefficient (Wildman–Crippen LogP) is 2.15. The molecular formula is C16H30IN3O2. The van der Waals surface area contributed by atoms with E-state index in [1.165, 1.54) is 32.1 Å². The summed E-state index contributed by atoms with van der Waals surface area (Å²) >= 11 is 0. The molecule has 1 spiro atoms. The quantitative estimate of drug-likeness (QED) is 0.414. The second-order valence-corrected chi connectivity index (χ2v) is 6.88. The highest BCUT2D eigenvalue weighted by Crippen LogP contribution is 2.60. The smallest absolute Gasteiger partial charge is 0.191 e. The summed E-state index contributed by atoms with van der Waals surface area (Å²) in [5.41, 5.74) is 0.364. The SMILES string of the molecule is CN=C(NC(C)COC)NC1C2CCOC2C12CCCC2.I. The average Bonchev–Trinajstić information content (AvgIpc) is 3.11. The van der Waals surface area contributed by atoms with Crippen LogP contribution in [0.1, 0.15) is 39.0 Å². The minimum Gasteiger partial charge on any atom is -0.383 e. The van der Waals surface area contributed by atoms with Gasteiger partial charge in [-0.15, -0.1) is 24.0 Å². The standard InChI is InChI=1S/C16H29N3O2.HI/c1-11(10-20-3)18-15(17-2)19-13-12-6-9-21-14(12)16(13)7-4-5-8-16;/h11-14H,4-10H2,1-3H3,(H2,17,18,19);1H. The first kappa shape index (κ1) is 18.3. The van der Waals surface area contributed by atoms with Crippen LogP contribution in [0, 0.1) is 11.3 Å². The zero-order valence-electron chi connectivity index (χ0n) is 13.9. The molecular weight excluding hydrogens is 393 g/mol. The molecule has 0 aromatic rings. The van der Waals surface area contributed by atoms with Gasteiger partial charge in [-0.1, -0.05) is 12.8 Å². The van der Waals surface area contributed by atoms with Gasteiger partial charge in [0.1, 0.15) is 0 Å². The molecule has 2 aliphatic carbocycles. The Morgan fingerprint density at radius 3 is 2.77 bits per heavy atom. The maximum Gasteiger partial charge on any atom is 0.191 e. The fourth-order valence-corrected chi connectivity index (χ4v) is 4.75. The molecule has 4 atom stereocenters. The number of rotatable bonds is 4. The van der Waals surface area contributed by atoms with Crippen molar-refractivity contribution < 1.29 is 9.47 Å². The van der Waals surface area contributed by atoms with Crippen LogP contribution in [-0.2, 0) is 9.47 Å². The zero-order chi connectivity index (χ0) is 14.9. The van der Waals surface area contributed by atoms with E-state index in [0.717, 1.165) is 12.6 Å². The molecule has 0 aromatic heterocycles. The maximum atomic E-state index is 6.03. The fraction of sp³-hybridized carbons (Fsp3) is 0.938. The lowest BCUT2D eigenvalue weighted by molar-refractivity contribution is -0.125. The highest BCUT2D eigenvalue weighted by molar-refractivity contribution is 14.0. The Labute approximate surface area is 151 Å². The minimum absolute atomic E-state index is 0. The van der Waals surface area contributed by atoms with E-state index < -0.39 is 0 Å². The summed E-state index contributed by atoms with van der Waals surface area (Å²) in [5, 5.41) is 7.13. The summed E-state index contributed by atoms with van der Waals surface area (Å²) in [7, 11) is 3.58. The molecule has 3 rings (SSSR count). The molecule has 1 aliphatic heterocycles. The van der Waals surface area contributed by atoms with Crippen molar-refractivity contribution >= 4 is 29.9 Å². The molecule has 6 heteroatoms. The number of fused-ring (bicyclic) bond motifs is 2. The van der Waals surface area contributed by atoms with Gasteiger partial charge in [0.15, 0.2) is 5.96 Å². The summed E-state index contributed by atoms with van der Waals surface area (Å²) < 4.78 is 11.2. The van der Waals surface area contributed by atoms with E-state index in [2.05, 4.69) is 22.5 Å². The lowest BCUT2D eigenvalue weighted by Gasteiger charge is -2.57. The van der Waals surface area contributed by atoms with Gasteiger partial charge in [0.2, 0.25) is 0 Å². The van der Waals surface area contributed by atoms with E-state index in [0.29, 0.717) is 30.1 Å². The van der Waals surface area contributed by atoms with Crippen molar-refractivity contribution in [1.29, 1.82) is 0 Å². The van der Waals surface area contributed by atoms with Gasteiger partial charge < -0.3 is 20.1 Å². The van der Waals surface area contributed by atoms with Crippen molar-refractivity contribution in [2.24, 2.45) is 16.3 Å². The van der Waals surface area contributed by atoms with Crippen LogP contribution in [-0.4, -0.2) is 51.5 Å². The Morgan fingerprint density at radius 1 is 1.41 bits per heavy atom.